The van der Waals surface area contributed by atoms with Gasteiger partial charge < -0.3 is 14.4 Å². The van der Waals surface area contributed by atoms with Gasteiger partial charge in [-0.15, -0.1) is 0 Å². The molecule has 1 amide bonds. The van der Waals surface area contributed by atoms with Crippen LogP contribution in [0.2, 0.25) is 0 Å². The van der Waals surface area contributed by atoms with E-state index in [-0.39, 0.29) is 23.9 Å². The van der Waals surface area contributed by atoms with E-state index in [9.17, 15) is 14.0 Å². The summed E-state index contributed by atoms with van der Waals surface area (Å²) in [6.45, 7) is 2.91. The average molecular weight is 510 g/mol. The number of fused-ring (bicyclic) bond motifs is 1. The monoisotopic (exact) mass is 509 g/mol. The zero-order chi connectivity index (χ0) is 25.1. The minimum atomic E-state index is -0.363. The largest absolute Gasteiger partial charge is 0.497 e. The van der Waals surface area contributed by atoms with Crippen LogP contribution in [0, 0.1) is 5.82 Å². The van der Waals surface area contributed by atoms with Crippen molar-refractivity contribution in [1.82, 2.24) is 24.4 Å². The topological polar surface area (TPSA) is 89.3 Å². The van der Waals surface area contributed by atoms with Crippen molar-refractivity contribution in [2.75, 3.05) is 39.9 Å². The fourth-order valence-corrected chi connectivity index (χ4v) is 4.89. The smallest absolute Gasteiger partial charge is 0.275 e. The number of rotatable bonds is 7. The van der Waals surface area contributed by atoms with E-state index in [1.807, 2.05) is 0 Å². The molecule has 1 saturated heterocycles. The minimum Gasteiger partial charge on any atom is -0.497 e. The van der Waals surface area contributed by atoms with Gasteiger partial charge in [-0.2, -0.15) is 9.61 Å². The molecular formula is C25H24FN5O4S. The molecule has 1 aliphatic heterocycles. The van der Waals surface area contributed by atoms with Gasteiger partial charge in [0.05, 0.1) is 12.8 Å². The van der Waals surface area contributed by atoms with Crippen molar-refractivity contribution in [3.63, 3.8) is 0 Å². The molecule has 0 spiro atoms. The van der Waals surface area contributed by atoms with Gasteiger partial charge in [-0.1, -0.05) is 23.5 Å². The number of nitrogens with zero attached hydrogens (tertiary/aromatic N) is 5. The van der Waals surface area contributed by atoms with E-state index >= 15 is 0 Å². The first-order valence-electron chi connectivity index (χ1n) is 11.4. The Balaban J connectivity index is 1.17. The summed E-state index contributed by atoms with van der Waals surface area (Å²) in [5.74, 6) is 0.901. The second kappa shape index (κ2) is 10.4. The van der Waals surface area contributed by atoms with Crippen LogP contribution in [0.4, 0.5) is 4.39 Å². The minimum absolute atomic E-state index is 0.0274. The van der Waals surface area contributed by atoms with E-state index in [0.29, 0.717) is 59.7 Å². The molecule has 0 atom stereocenters. The van der Waals surface area contributed by atoms with Crippen LogP contribution in [0.25, 0.3) is 15.5 Å². The maximum atomic E-state index is 13.6. The lowest BCUT2D eigenvalue weighted by atomic mass is 10.2. The van der Waals surface area contributed by atoms with Gasteiger partial charge in [-0.3, -0.25) is 14.5 Å². The number of piperazine rings is 1. The third kappa shape index (κ3) is 5.37. The number of hydrogen-bond acceptors (Lipinski definition) is 8. The number of ether oxygens (including phenoxy) is 2. The summed E-state index contributed by atoms with van der Waals surface area (Å²) in [6, 6.07) is 14.7. The summed E-state index contributed by atoms with van der Waals surface area (Å²) >= 11 is 1.24. The lowest BCUT2D eigenvalue weighted by Crippen LogP contribution is -2.49. The van der Waals surface area contributed by atoms with E-state index in [2.05, 4.69) is 15.0 Å². The normalized spacial score (nSPS) is 14.2. The maximum Gasteiger partial charge on any atom is 0.275 e. The summed E-state index contributed by atoms with van der Waals surface area (Å²) < 4.78 is 25.6. The molecule has 0 N–H and O–H groups in total. The van der Waals surface area contributed by atoms with Gasteiger partial charge in [0.25, 0.3) is 11.5 Å². The Kier molecular flexibility index (Phi) is 6.92. The van der Waals surface area contributed by atoms with E-state index < -0.39 is 0 Å². The van der Waals surface area contributed by atoms with Crippen molar-refractivity contribution in [1.29, 1.82) is 0 Å². The molecule has 5 rings (SSSR count). The summed E-state index contributed by atoms with van der Waals surface area (Å²) in [4.78, 5) is 34.2. The first kappa shape index (κ1) is 23.9. The molecule has 0 radical (unpaired) electrons. The van der Waals surface area contributed by atoms with Crippen LogP contribution >= 0.6 is 11.3 Å². The van der Waals surface area contributed by atoms with Crippen LogP contribution < -0.4 is 15.0 Å². The van der Waals surface area contributed by atoms with Gasteiger partial charge in [0.1, 0.15) is 22.3 Å². The highest BCUT2D eigenvalue weighted by Crippen LogP contribution is 2.25. The molecule has 0 saturated carbocycles. The summed E-state index contributed by atoms with van der Waals surface area (Å²) in [5.41, 5.74) is 0.957. The number of carbonyl (C=O) groups excluding carboxylic acids is 1. The molecule has 2 aromatic heterocycles. The molecule has 2 aromatic carbocycles. The van der Waals surface area contributed by atoms with Gasteiger partial charge in [-0.05, 0) is 36.4 Å². The second-order valence-electron chi connectivity index (χ2n) is 8.32. The Morgan fingerprint density at radius 1 is 1.06 bits per heavy atom. The van der Waals surface area contributed by atoms with E-state index in [4.69, 9.17) is 9.47 Å². The molecular weight excluding hydrogens is 485 g/mol. The van der Waals surface area contributed by atoms with Crippen molar-refractivity contribution >= 4 is 22.2 Å². The summed E-state index contributed by atoms with van der Waals surface area (Å²) in [5, 5.41) is 4.83. The first-order valence-corrected chi connectivity index (χ1v) is 12.2. The quantitative estimate of drug-likeness (QED) is 0.379. The number of carbonyl (C=O) groups is 1. The van der Waals surface area contributed by atoms with Crippen LogP contribution in [0.15, 0.2) is 59.4 Å². The highest BCUT2D eigenvalue weighted by Gasteiger charge is 2.22. The van der Waals surface area contributed by atoms with Crippen LogP contribution in [0.1, 0.15) is 5.69 Å². The second-order valence-corrected chi connectivity index (χ2v) is 9.27. The first-order chi connectivity index (χ1) is 17.5. The lowest BCUT2D eigenvalue weighted by Gasteiger charge is -2.34. The van der Waals surface area contributed by atoms with Crippen molar-refractivity contribution in [3.05, 3.63) is 76.5 Å². The average Bonchev–Trinajstić information content (AvgIpc) is 3.33. The predicted molar refractivity (Wildman–Crippen MR) is 133 cm³/mol. The standard InChI is InChI=1S/C25H24FN5O4S/c1-34-20-5-7-21(8-6-20)35-16-23(33)30-11-9-29(10-12-30)15-19-14-22(32)31-25(27-19)36-24(28-31)17-3-2-4-18(26)13-17/h2-8,13-14H,9-12,15-16H2,1H3. The summed E-state index contributed by atoms with van der Waals surface area (Å²) in [7, 11) is 1.59. The van der Waals surface area contributed by atoms with Gasteiger partial charge in [0.2, 0.25) is 4.96 Å². The Hall–Kier alpha value is -3.83. The number of amides is 1. The Labute approximate surface area is 210 Å². The fourth-order valence-electron chi connectivity index (χ4n) is 3.97. The van der Waals surface area contributed by atoms with Gasteiger partial charge in [0, 0.05) is 44.4 Å². The van der Waals surface area contributed by atoms with Crippen LogP contribution in [-0.2, 0) is 11.3 Å². The Bertz CT molecular complexity index is 1430. The molecule has 0 aliphatic carbocycles. The van der Waals surface area contributed by atoms with E-state index in [1.165, 1.54) is 34.1 Å². The SMILES string of the molecule is COc1ccc(OCC(=O)N2CCN(Cc3cc(=O)n4nc(-c5cccc(F)c5)sc4n3)CC2)cc1. The van der Waals surface area contributed by atoms with Crippen molar-refractivity contribution in [3.8, 4) is 22.1 Å². The molecule has 9 nitrogen and oxygen atoms in total. The van der Waals surface area contributed by atoms with Crippen LogP contribution in [-0.4, -0.2) is 70.2 Å². The molecule has 0 unspecified atom stereocenters. The Morgan fingerprint density at radius 3 is 2.53 bits per heavy atom. The molecule has 0 bridgehead atoms. The maximum absolute atomic E-state index is 13.6. The molecule has 4 aromatic rings. The number of hydrogen-bond donors (Lipinski definition) is 0. The lowest BCUT2D eigenvalue weighted by molar-refractivity contribution is -0.135. The van der Waals surface area contributed by atoms with Gasteiger partial charge in [-0.25, -0.2) is 9.37 Å². The number of benzene rings is 2. The van der Waals surface area contributed by atoms with Crippen molar-refractivity contribution in [2.45, 2.75) is 6.54 Å². The number of aromatic nitrogens is 3. The fraction of sp³-hybridized carbons (Fsp3) is 0.280. The zero-order valence-electron chi connectivity index (χ0n) is 19.6. The van der Waals surface area contributed by atoms with E-state index in [1.54, 1.807) is 48.4 Å². The summed E-state index contributed by atoms with van der Waals surface area (Å²) in [6.07, 6.45) is 0. The highest BCUT2D eigenvalue weighted by molar-refractivity contribution is 7.19. The van der Waals surface area contributed by atoms with Crippen molar-refractivity contribution in [2.24, 2.45) is 0 Å². The van der Waals surface area contributed by atoms with Gasteiger partial charge in [0.15, 0.2) is 6.61 Å². The molecule has 3 heterocycles. The number of methoxy groups -OCH3 is 1. The molecule has 36 heavy (non-hydrogen) atoms. The van der Waals surface area contributed by atoms with Crippen LogP contribution in [0.3, 0.4) is 0 Å². The highest BCUT2D eigenvalue weighted by atomic mass is 32.1. The third-order valence-electron chi connectivity index (χ3n) is 5.90. The molecule has 11 heteroatoms. The zero-order valence-corrected chi connectivity index (χ0v) is 20.4. The van der Waals surface area contributed by atoms with Crippen molar-refractivity contribution < 1.29 is 18.7 Å². The Morgan fingerprint density at radius 2 is 1.81 bits per heavy atom. The van der Waals surface area contributed by atoms with Crippen LogP contribution in [0.5, 0.6) is 11.5 Å². The van der Waals surface area contributed by atoms with Gasteiger partial charge >= 0.3 is 0 Å². The number of halogens is 1. The third-order valence-corrected chi connectivity index (χ3v) is 6.86. The molecule has 186 valence electrons. The molecule has 1 aliphatic rings. The molecule has 1 fully saturated rings. The predicted octanol–water partition coefficient (Wildman–Crippen LogP) is 2.69. The van der Waals surface area contributed by atoms with E-state index in [0.717, 1.165) is 5.75 Å².